The van der Waals surface area contributed by atoms with E-state index in [1.54, 1.807) is 18.6 Å². The molecule has 2 aromatic rings. The monoisotopic (exact) mass is 295 g/mol. The summed E-state index contributed by atoms with van der Waals surface area (Å²) in [6.45, 7) is 3.00. The van der Waals surface area contributed by atoms with Crippen molar-refractivity contribution in [3.63, 3.8) is 0 Å². The molecule has 1 aliphatic rings. The summed E-state index contributed by atoms with van der Waals surface area (Å²) >= 11 is 0. The van der Waals surface area contributed by atoms with Crippen LogP contribution in [0.3, 0.4) is 0 Å². The Balaban J connectivity index is 1.85. The van der Waals surface area contributed by atoms with Crippen LogP contribution in [0.4, 0.5) is 0 Å². The highest BCUT2D eigenvalue weighted by Crippen LogP contribution is 2.34. The molecule has 1 amide bonds. The Morgan fingerprint density at radius 3 is 2.82 bits per heavy atom. The van der Waals surface area contributed by atoms with Crippen LogP contribution in [0.2, 0.25) is 0 Å². The zero-order valence-corrected chi connectivity index (χ0v) is 12.9. The average molecular weight is 295 g/mol. The smallest absolute Gasteiger partial charge is 0.274 e. The van der Waals surface area contributed by atoms with Crippen molar-refractivity contribution >= 4 is 5.91 Å². The van der Waals surface area contributed by atoms with Gasteiger partial charge in [-0.15, -0.1) is 0 Å². The Morgan fingerprint density at radius 2 is 2.14 bits per heavy atom. The Bertz CT molecular complexity index is 615. The highest BCUT2D eigenvalue weighted by Gasteiger charge is 2.35. The van der Waals surface area contributed by atoms with Crippen LogP contribution in [-0.4, -0.2) is 33.4 Å². The number of hydrogen-bond acceptors (Lipinski definition) is 3. The number of nitrogens with zero attached hydrogens (tertiary/aromatic N) is 3. The largest absolute Gasteiger partial charge is 0.334 e. The van der Waals surface area contributed by atoms with E-state index in [0.717, 1.165) is 25.8 Å². The summed E-state index contributed by atoms with van der Waals surface area (Å²) in [6.07, 6.45) is 7.86. The van der Waals surface area contributed by atoms with Crippen LogP contribution in [0.1, 0.15) is 48.2 Å². The molecule has 4 heteroatoms. The summed E-state index contributed by atoms with van der Waals surface area (Å²) in [5.74, 6) is 0.384. The van der Waals surface area contributed by atoms with Crippen LogP contribution in [-0.2, 0) is 0 Å². The van der Waals surface area contributed by atoms with Crippen LogP contribution >= 0.6 is 0 Å². The Hall–Kier alpha value is -2.23. The van der Waals surface area contributed by atoms with E-state index in [4.69, 9.17) is 0 Å². The molecule has 0 saturated carbocycles. The van der Waals surface area contributed by atoms with Gasteiger partial charge >= 0.3 is 0 Å². The summed E-state index contributed by atoms with van der Waals surface area (Å²) in [5.41, 5.74) is 1.76. The van der Waals surface area contributed by atoms with E-state index >= 15 is 0 Å². The summed E-state index contributed by atoms with van der Waals surface area (Å²) in [6, 6.07) is 10.8. The van der Waals surface area contributed by atoms with E-state index in [1.807, 2.05) is 11.0 Å². The Morgan fingerprint density at radius 1 is 1.32 bits per heavy atom. The molecule has 0 aliphatic carbocycles. The van der Waals surface area contributed by atoms with Gasteiger partial charge in [0.2, 0.25) is 0 Å². The van der Waals surface area contributed by atoms with Crippen LogP contribution in [0, 0.1) is 0 Å². The van der Waals surface area contributed by atoms with E-state index in [1.165, 1.54) is 5.56 Å². The van der Waals surface area contributed by atoms with Crippen molar-refractivity contribution in [2.45, 2.75) is 38.1 Å². The normalized spacial score (nSPS) is 19.1. The van der Waals surface area contributed by atoms with E-state index < -0.39 is 0 Å². The first kappa shape index (κ1) is 14.7. The molecule has 22 heavy (non-hydrogen) atoms. The van der Waals surface area contributed by atoms with Crippen LogP contribution < -0.4 is 0 Å². The molecular weight excluding hydrogens is 274 g/mol. The number of likely N-dealkylation sites (tertiary alicyclic amines) is 1. The van der Waals surface area contributed by atoms with E-state index in [0.29, 0.717) is 11.6 Å². The van der Waals surface area contributed by atoms with Gasteiger partial charge in [0.05, 0.1) is 6.20 Å². The lowest BCUT2D eigenvalue weighted by Crippen LogP contribution is -2.39. The van der Waals surface area contributed by atoms with Crippen LogP contribution in [0.15, 0.2) is 48.9 Å². The van der Waals surface area contributed by atoms with Crippen molar-refractivity contribution in [1.29, 1.82) is 0 Å². The lowest BCUT2D eigenvalue weighted by molar-refractivity contribution is 0.0708. The molecule has 1 aromatic carbocycles. The van der Waals surface area contributed by atoms with Crippen molar-refractivity contribution in [3.05, 3.63) is 60.2 Å². The summed E-state index contributed by atoms with van der Waals surface area (Å²) in [5, 5.41) is 0. The standard InChI is InChI=1S/C18H21N3O/c1-2-15(14-7-4-3-5-8-14)17-9-6-12-21(17)18(22)16-13-19-10-11-20-16/h3-5,7-8,10-11,13,15,17H,2,6,9,12H2,1H3/t15-,17+/m0/s1. The molecule has 4 nitrogen and oxygen atoms in total. The van der Waals surface area contributed by atoms with E-state index in [2.05, 4.69) is 41.2 Å². The highest BCUT2D eigenvalue weighted by atomic mass is 16.2. The second kappa shape index (κ2) is 6.69. The van der Waals surface area contributed by atoms with Crippen molar-refractivity contribution < 1.29 is 4.79 Å². The lowest BCUT2D eigenvalue weighted by atomic mass is 9.87. The number of aromatic nitrogens is 2. The van der Waals surface area contributed by atoms with Crippen molar-refractivity contribution in [2.24, 2.45) is 0 Å². The predicted molar refractivity (Wildman–Crippen MR) is 85.6 cm³/mol. The van der Waals surface area contributed by atoms with E-state index in [9.17, 15) is 4.79 Å². The Kier molecular flexibility index (Phi) is 4.47. The number of benzene rings is 1. The molecule has 1 aliphatic heterocycles. The van der Waals surface area contributed by atoms with Gasteiger partial charge < -0.3 is 4.90 Å². The molecule has 0 N–H and O–H groups in total. The second-order valence-corrected chi connectivity index (χ2v) is 5.72. The van der Waals surface area contributed by atoms with Crippen LogP contribution in [0.25, 0.3) is 0 Å². The van der Waals surface area contributed by atoms with Gasteiger partial charge in [0.15, 0.2) is 0 Å². The van der Waals surface area contributed by atoms with Crippen molar-refractivity contribution in [3.8, 4) is 0 Å². The highest BCUT2D eigenvalue weighted by molar-refractivity contribution is 5.92. The molecule has 3 rings (SSSR count). The van der Waals surface area contributed by atoms with Gasteiger partial charge in [-0.2, -0.15) is 0 Å². The molecular formula is C18H21N3O. The minimum Gasteiger partial charge on any atom is -0.334 e. The van der Waals surface area contributed by atoms with Gasteiger partial charge in [0, 0.05) is 30.9 Å². The quantitative estimate of drug-likeness (QED) is 0.869. The molecule has 0 unspecified atom stereocenters. The molecule has 114 valence electrons. The topological polar surface area (TPSA) is 46.1 Å². The maximum atomic E-state index is 12.7. The molecule has 1 fully saturated rings. The molecule has 0 spiro atoms. The minimum atomic E-state index is 0.00461. The van der Waals surface area contributed by atoms with E-state index in [-0.39, 0.29) is 11.9 Å². The van der Waals surface area contributed by atoms with Gasteiger partial charge in [-0.05, 0) is 24.8 Å². The maximum absolute atomic E-state index is 12.7. The van der Waals surface area contributed by atoms with Crippen molar-refractivity contribution in [2.75, 3.05) is 6.54 Å². The molecule has 2 atom stereocenters. The fourth-order valence-electron chi connectivity index (χ4n) is 3.45. The van der Waals surface area contributed by atoms with Crippen molar-refractivity contribution in [1.82, 2.24) is 14.9 Å². The van der Waals surface area contributed by atoms with Gasteiger partial charge in [-0.25, -0.2) is 4.98 Å². The third kappa shape index (κ3) is 2.86. The SMILES string of the molecule is CC[C@@H](c1ccccc1)[C@H]1CCCN1C(=O)c1cnccn1. The third-order valence-corrected chi connectivity index (χ3v) is 4.47. The average Bonchev–Trinajstić information content (AvgIpc) is 3.06. The number of amides is 1. The first-order valence-corrected chi connectivity index (χ1v) is 7.93. The fraction of sp³-hybridized carbons (Fsp3) is 0.389. The fourth-order valence-corrected chi connectivity index (χ4v) is 3.45. The van der Waals surface area contributed by atoms with Crippen LogP contribution in [0.5, 0.6) is 0 Å². The zero-order valence-electron chi connectivity index (χ0n) is 12.9. The predicted octanol–water partition coefficient (Wildman–Crippen LogP) is 3.28. The number of rotatable bonds is 4. The summed E-state index contributed by atoms with van der Waals surface area (Å²) < 4.78 is 0. The minimum absolute atomic E-state index is 0.00461. The number of carbonyl (C=O) groups excluding carboxylic acids is 1. The summed E-state index contributed by atoms with van der Waals surface area (Å²) in [7, 11) is 0. The van der Waals surface area contributed by atoms with Gasteiger partial charge in [-0.1, -0.05) is 37.3 Å². The summed E-state index contributed by atoms with van der Waals surface area (Å²) in [4.78, 5) is 22.9. The molecule has 1 aromatic heterocycles. The number of hydrogen-bond donors (Lipinski definition) is 0. The molecule has 0 bridgehead atoms. The molecule has 2 heterocycles. The maximum Gasteiger partial charge on any atom is 0.274 e. The number of carbonyl (C=O) groups is 1. The third-order valence-electron chi connectivity index (χ3n) is 4.47. The van der Waals surface area contributed by atoms with Gasteiger partial charge in [-0.3, -0.25) is 9.78 Å². The lowest BCUT2D eigenvalue weighted by Gasteiger charge is -2.31. The Labute approximate surface area is 131 Å². The first-order chi connectivity index (χ1) is 10.8. The molecule has 1 saturated heterocycles. The zero-order chi connectivity index (χ0) is 15.4. The first-order valence-electron chi connectivity index (χ1n) is 7.93. The molecule has 0 radical (unpaired) electrons. The second-order valence-electron chi connectivity index (χ2n) is 5.72. The van der Waals surface area contributed by atoms with Gasteiger partial charge in [0.1, 0.15) is 5.69 Å². The van der Waals surface area contributed by atoms with Gasteiger partial charge in [0.25, 0.3) is 5.91 Å².